The minimum atomic E-state index is -4.37. The van der Waals surface area contributed by atoms with Crippen molar-refractivity contribution in [3.05, 3.63) is 59.2 Å². The van der Waals surface area contributed by atoms with E-state index in [2.05, 4.69) is 0 Å². The number of carbonyl (C=O) groups is 1. The number of halogens is 5. The predicted octanol–water partition coefficient (Wildman–Crippen LogP) is 6.72. The molecule has 1 fully saturated rings. The van der Waals surface area contributed by atoms with E-state index in [1.165, 1.54) is 30.0 Å². The Morgan fingerprint density at radius 3 is 2.17 bits per heavy atom. The number of piperidine rings is 1. The third-order valence-electron chi connectivity index (χ3n) is 5.74. The van der Waals surface area contributed by atoms with Crippen LogP contribution in [0, 0.1) is 12.8 Å². The summed E-state index contributed by atoms with van der Waals surface area (Å²) in [4.78, 5) is 15.3. The summed E-state index contributed by atoms with van der Waals surface area (Å²) in [6.45, 7) is 5.56. The normalized spacial score (nSPS) is 15.9. The molecule has 1 atom stereocenters. The fraction of sp³-hybridized carbons (Fsp3) is 0.480. The number of rotatable bonds is 5. The summed E-state index contributed by atoms with van der Waals surface area (Å²) in [6.07, 6.45) is -4.03. The van der Waals surface area contributed by atoms with E-state index in [4.69, 9.17) is 0 Å². The lowest BCUT2D eigenvalue weighted by molar-refractivity contribution is -0.137. The van der Waals surface area contributed by atoms with Crippen molar-refractivity contribution in [2.45, 2.75) is 61.3 Å². The summed E-state index contributed by atoms with van der Waals surface area (Å²) >= 11 is 1.41. The fourth-order valence-corrected chi connectivity index (χ4v) is 6.11. The van der Waals surface area contributed by atoms with Crippen molar-refractivity contribution in [2.75, 3.05) is 19.3 Å². The molecule has 11 heteroatoms. The molecule has 0 bridgehead atoms. The lowest BCUT2D eigenvalue weighted by atomic mass is 9.93. The molecule has 2 aromatic rings. The van der Waals surface area contributed by atoms with Crippen LogP contribution >= 0.6 is 11.8 Å². The molecule has 0 saturated carbocycles. The van der Waals surface area contributed by atoms with Gasteiger partial charge in [-0.3, -0.25) is 4.79 Å². The number of sulfone groups is 1. The van der Waals surface area contributed by atoms with Crippen molar-refractivity contribution in [1.29, 1.82) is 0 Å². The van der Waals surface area contributed by atoms with Crippen molar-refractivity contribution < 1.29 is 35.2 Å². The van der Waals surface area contributed by atoms with Gasteiger partial charge in [0.05, 0.1) is 16.0 Å². The highest BCUT2D eigenvalue weighted by molar-refractivity contribution is 8.00. The van der Waals surface area contributed by atoms with Crippen LogP contribution in [0.4, 0.5) is 22.0 Å². The van der Waals surface area contributed by atoms with Crippen molar-refractivity contribution in [3.8, 4) is 0 Å². The lowest BCUT2D eigenvalue weighted by Gasteiger charge is -2.35. The number of hydrogen-bond acceptors (Lipinski definition) is 4. The van der Waals surface area contributed by atoms with Gasteiger partial charge >= 0.3 is 6.18 Å². The molecule has 200 valence electrons. The number of benzene rings is 2. The van der Waals surface area contributed by atoms with Gasteiger partial charge in [-0.15, -0.1) is 11.8 Å². The Morgan fingerprint density at radius 1 is 1.06 bits per heavy atom. The number of amides is 1. The molecular formula is C25H30F5NO3S2. The Labute approximate surface area is 213 Å². The second-order valence-electron chi connectivity index (χ2n) is 8.77. The number of alkyl halides is 5. The van der Waals surface area contributed by atoms with Gasteiger partial charge in [0.1, 0.15) is 0 Å². The molecule has 0 N–H and O–H groups in total. The molecule has 1 saturated heterocycles. The Kier molecular flexibility index (Phi) is 10.4. The quantitative estimate of drug-likeness (QED) is 0.306. The van der Waals surface area contributed by atoms with E-state index in [1.807, 2.05) is 6.92 Å². The zero-order chi connectivity index (χ0) is 27.3. The standard InChI is InChI=1S/C23H26F3NO3S2.C2H4F2/c1-15-7-8-20(21(13-15)32(3,29)30)22(28)27-11-9-17(10-12-27)16(2)31-19-6-4-5-18(14-19)23(24,25)26;1-2(3)4/h4-8,13-14,16-17H,9-12H2,1-3H3;2H,1H3. The minimum Gasteiger partial charge on any atom is -0.339 e. The zero-order valence-electron chi connectivity index (χ0n) is 20.5. The molecule has 1 heterocycles. The van der Waals surface area contributed by atoms with E-state index < -0.39 is 28.0 Å². The van der Waals surface area contributed by atoms with Crippen molar-refractivity contribution >= 4 is 27.5 Å². The number of likely N-dealkylation sites (tertiary alicyclic amines) is 1. The molecule has 0 spiro atoms. The van der Waals surface area contributed by atoms with E-state index in [0.717, 1.165) is 24.8 Å². The van der Waals surface area contributed by atoms with Crippen LogP contribution in [0.5, 0.6) is 0 Å². The Hall–Kier alpha value is -2.14. The number of nitrogens with zero attached hydrogens (tertiary/aromatic N) is 1. The summed E-state index contributed by atoms with van der Waals surface area (Å²) < 4.78 is 83.8. The fourth-order valence-electron chi connectivity index (χ4n) is 3.91. The Morgan fingerprint density at radius 2 is 1.64 bits per heavy atom. The van der Waals surface area contributed by atoms with Crippen LogP contribution < -0.4 is 0 Å². The smallest absolute Gasteiger partial charge is 0.339 e. The summed E-state index contributed by atoms with van der Waals surface area (Å²) in [6, 6.07) is 10.1. The number of thioether (sulfide) groups is 1. The van der Waals surface area contributed by atoms with Gasteiger partial charge < -0.3 is 4.90 Å². The summed E-state index contributed by atoms with van der Waals surface area (Å²) in [5, 5.41) is 0.0849. The van der Waals surface area contributed by atoms with Gasteiger partial charge in [0.25, 0.3) is 5.91 Å². The first-order valence-electron chi connectivity index (χ1n) is 11.3. The van der Waals surface area contributed by atoms with Crippen molar-refractivity contribution in [1.82, 2.24) is 4.90 Å². The monoisotopic (exact) mass is 551 g/mol. The zero-order valence-corrected chi connectivity index (χ0v) is 22.1. The van der Waals surface area contributed by atoms with Crippen LogP contribution in [0.1, 0.15) is 48.2 Å². The van der Waals surface area contributed by atoms with Crippen LogP contribution in [0.3, 0.4) is 0 Å². The van der Waals surface area contributed by atoms with Gasteiger partial charge in [-0.1, -0.05) is 19.1 Å². The molecule has 4 nitrogen and oxygen atoms in total. The minimum absolute atomic E-state index is 0.0399. The second-order valence-corrected chi connectivity index (χ2v) is 12.2. The molecule has 1 aliphatic rings. The molecule has 1 unspecified atom stereocenters. The molecule has 1 amide bonds. The average molecular weight is 552 g/mol. The van der Waals surface area contributed by atoms with Gasteiger partial charge in [0.2, 0.25) is 6.43 Å². The van der Waals surface area contributed by atoms with E-state index >= 15 is 0 Å². The van der Waals surface area contributed by atoms with Crippen molar-refractivity contribution in [2.24, 2.45) is 5.92 Å². The first-order chi connectivity index (χ1) is 16.6. The van der Waals surface area contributed by atoms with Crippen LogP contribution in [0.25, 0.3) is 0 Å². The van der Waals surface area contributed by atoms with Gasteiger partial charge in [-0.25, -0.2) is 17.2 Å². The first kappa shape index (κ1) is 30.1. The number of hydrogen-bond donors (Lipinski definition) is 0. The first-order valence-corrected chi connectivity index (χ1v) is 14.1. The van der Waals surface area contributed by atoms with E-state index in [1.54, 1.807) is 30.0 Å². The Bertz CT molecular complexity index is 1140. The topological polar surface area (TPSA) is 54.5 Å². The number of carbonyl (C=O) groups excluding carboxylic acids is 1. The SMILES string of the molecule is CC(F)F.Cc1ccc(C(=O)N2CCC(C(C)Sc3cccc(C(F)(F)F)c3)CC2)c(S(C)(=O)=O)c1. The van der Waals surface area contributed by atoms with Crippen LogP contribution in [0.15, 0.2) is 52.3 Å². The molecule has 3 rings (SSSR count). The van der Waals surface area contributed by atoms with Gasteiger partial charge in [-0.2, -0.15) is 13.2 Å². The maximum Gasteiger partial charge on any atom is 0.416 e. The highest BCUT2D eigenvalue weighted by atomic mass is 32.2. The summed E-state index contributed by atoms with van der Waals surface area (Å²) in [7, 11) is -3.54. The van der Waals surface area contributed by atoms with E-state index in [0.29, 0.717) is 30.8 Å². The number of aryl methyl sites for hydroxylation is 1. The molecule has 0 radical (unpaired) electrons. The summed E-state index contributed by atoms with van der Waals surface area (Å²) in [5.74, 6) is -0.0620. The maximum atomic E-state index is 13.0. The summed E-state index contributed by atoms with van der Waals surface area (Å²) in [5.41, 5.74) is 0.291. The third kappa shape index (κ3) is 8.76. The molecule has 36 heavy (non-hydrogen) atoms. The lowest BCUT2D eigenvalue weighted by Crippen LogP contribution is -2.40. The van der Waals surface area contributed by atoms with Gasteiger partial charge in [0, 0.05) is 29.5 Å². The predicted molar refractivity (Wildman–Crippen MR) is 131 cm³/mol. The molecule has 0 aliphatic carbocycles. The van der Waals surface area contributed by atoms with Gasteiger partial charge in [-0.05, 0) is 68.5 Å². The maximum absolute atomic E-state index is 13.0. The Balaban J connectivity index is 0.00000106. The molecule has 0 aromatic heterocycles. The highest BCUT2D eigenvalue weighted by Gasteiger charge is 2.32. The van der Waals surface area contributed by atoms with Crippen molar-refractivity contribution in [3.63, 3.8) is 0 Å². The largest absolute Gasteiger partial charge is 0.416 e. The van der Waals surface area contributed by atoms with Crippen LogP contribution in [0.2, 0.25) is 0 Å². The van der Waals surface area contributed by atoms with E-state index in [9.17, 15) is 35.2 Å². The van der Waals surface area contributed by atoms with Gasteiger partial charge in [0.15, 0.2) is 9.84 Å². The molecule has 1 aliphatic heterocycles. The molecular weight excluding hydrogens is 521 g/mol. The second kappa shape index (κ2) is 12.4. The third-order valence-corrected chi connectivity index (χ3v) is 8.16. The average Bonchev–Trinajstić information content (AvgIpc) is 2.77. The molecule has 2 aromatic carbocycles. The van der Waals surface area contributed by atoms with E-state index in [-0.39, 0.29) is 27.5 Å². The highest BCUT2D eigenvalue weighted by Crippen LogP contribution is 2.37. The van der Waals surface area contributed by atoms with Crippen LogP contribution in [-0.2, 0) is 16.0 Å². The van der Waals surface area contributed by atoms with Crippen LogP contribution in [-0.4, -0.2) is 50.2 Å².